The monoisotopic (exact) mass is 277 g/mol. The predicted octanol–water partition coefficient (Wildman–Crippen LogP) is 2.96. The number of nitrogens with one attached hydrogen (secondary N) is 1. The second-order valence-electron chi connectivity index (χ2n) is 5.62. The molecule has 0 saturated carbocycles. The smallest absolute Gasteiger partial charge is 0.120 e. The highest BCUT2D eigenvalue weighted by Gasteiger charge is 2.11. The van der Waals surface area contributed by atoms with E-state index in [1.54, 1.807) is 7.11 Å². The first-order valence-electron chi connectivity index (χ1n) is 7.77. The number of hydrogen-bond acceptors (Lipinski definition) is 3. The molecule has 1 atom stereocenters. The maximum absolute atomic E-state index is 5.99. The summed E-state index contributed by atoms with van der Waals surface area (Å²) in [6.07, 6.45) is 6.31. The number of fused-ring (bicyclic) bond motifs is 1. The summed E-state index contributed by atoms with van der Waals surface area (Å²) in [6.45, 7) is 4.78. The number of rotatable bonds is 8. The number of aryl methyl sites for hydroxylation is 2. The maximum Gasteiger partial charge on any atom is 0.120 e. The van der Waals surface area contributed by atoms with Crippen LogP contribution in [-0.2, 0) is 17.6 Å². The molecule has 0 radical (unpaired) electrons. The number of methoxy groups -OCH3 is 1. The number of ether oxygens (including phenoxy) is 2. The highest BCUT2D eigenvalue weighted by molar-refractivity contribution is 5.37. The van der Waals surface area contributed by atoms with Gasteiger partial charge < -0.3 is 14.8 Å². The van der Waals surface area contributed by atoms with Gasteiger partial charge in [-0.25, -0.2) is 0 Å². The van der Waals surface area contributed by atoms with Crippen LogP contribution < -0.4 is 10.1 Å². The van der Waals surface area contributed by atoms with Gasteiger partial charge in [0.25, 0.3) is 0 Å². The van der Waals surface area contributed by atoms with E-state index in [2.05, 4.69) is 30.4 Å². The van der Waals surface area contributed by atoms with Crippen LogP contribution in [-0.4, -0.2) is 32.9 Å². The van der Waals surface area contributed by atoms with Crippen molar-refractivity contribution in [2.45, 2.75) is 45.1 Å². The fraction of sp³-hybridized carbons (Fsp3) is 0.647. The zero-order valence-corrected chi connectivity index (χ0v) is 12.8. The third-order valence-electron chi connectivity index (χ3n) is 3.79. The molecule has 0 amide bonds. The molecule has 0 spiro atoms. The van der Waals surface area contributed by atoms with E-state index in [1.807, 2.05) is 0 Å². The highest BCUT2D eigenvalue weighted by Crippen LogP contribution is 2.25. The van der Waals surface area contributed by atoms with Crippen LogP contribution in [0, 0.1) is 0 Å². The Morgan fingerprint density at radius 3 is 2.80 bits per heavy atom. The first-order chi connectivity index (χ1) is 9.79. The molecule has 1 aliphatic rings. The van der Waals surface area contributed by atoms with E-state index in [4.69, 9.17) is 9.47 Å². The van der Waals surface area contributed by atoms with Crippen molar-refractivity contribution in [1.82, 2.24) is 5.32 Å². The van der Waals surface area contributed by atoms with Gasteiger partial charge in [-0.3, -0.25) is 0 Å². The van der Waals surface area contributed by atoms with Crippen molar-refractivity contribution in [2.24, 2.45) is 0 Å². The molecule has 1 N–H and O–H groups in total. The lowest BCUT2D eigenvalue weighted by molar-refractivity contribution is 0.188. The van der Waals surface area contributed by atoms with Crippen molar-refractivity contribution in [3.05, 3.63) is 29.3 Å². The average Bonchev–Trinajstić information content (AvgIpc) is 2.47. The lowest BCUT2D eigenvalue weighted by atomic mass is 9.92. The summed E-state index contributed by atoms with van der Waals surface area (Å²) in [6, 6.07) is 6.59. The molecule has 1 aromatic rings. The Balaban J connectivity index is 1.75. The summed E-state index contributed by atoms with van der Waals surface area (Å²) in [5, 5.41) is 3.40. The summed E-state index contributed by atoms with van der Waals surface area (Å²) in [5.74, 6) is 1.01. The molecule has 0 saturated heterocycles. The Morgan fingerprint density at radius 2 is 2.00 bits per heavy atom. The minimum absolute atomic E-state index is 0.194. The molecule has 0 aliphatic heterocycles. The summed E-state index contributed by atoms with van der Waals surface area (Å²) < 4.78 is 11.0. The molecule has 0 bridgehead atoms. The van der Waals surface area contributed by atoms with Crippen molar-refractivity contribution >= 4 is 0 Å². The van der Waals surface area contributed by atoms with E-state index in [1.165, 1.54) is 36.8 Å². The summed E-state index contributed by atoms with van der Waals surface area (Å²) >= 11 is 0. The Bertz CT molecular complexity index is 406. The predicted molar refractivity (Wildman–Crippen MR) is 82.5 cm³/mol. The molecular formula is C17H27NO2. The lowest BCUT2D eigenvalue weighted by Gasteiger charge is -2.19. The summed E-state index contributed by atoms with van der Waals surface area (Å²) in [7, 11) is 1.74. The third-order valence-corrected chi connectivity index (χ3v) is 3.79. The van der Waals surface area contributed by atoms with Crippen molar-refractivity contribution in [3.63, 3.8) is 0 Å². The van der Waals surface area contributed by atoms with Gasteiger partial charge in [0.1, 0.15) is 11.9 Å². The van der Waals surface area contributed by atoms with Gasteiger partial charge in [-0.1, -0.05) is 6.07 Å². The van der Waals surface area contributed by atoms with E-state index < -0.39 is 0 Å². The summed E-state index contributed by atoms with van der Waals surface area (Å²) in [5.41, 5.74) is 2.99. The van der Waals surface area contributed by atoms with Crippen LogP contribution in [0.3, 0.4) is 0 Å². The van der Waals surface area contributed by atoms with Gasteiger partial charge in [-0.05, 0) is 68.8 Å². The van der Waals surface area contributed by atoms with Crippen LogP contribution in [0.1, 0.15) is 37.3 Å². The highest BCUT2D eigenvalue weighted by atomic mass is 16.5. The quantitative estimate of drug-likeness (QED) is 0.741. The molecule has 0 heterocycles. The van der Waals surface area contributed by atoms with Crippen molar-refractivity contribution in [2.75, 3.05) is 26.8 Å². The molecule has 1 aromatic carbocycles. The van der Waals surface area contributed by atoms with Crippen LogP contribution in [0.4, 0.5) is 0 Å². The fourth-order valence-corrected chi connectivity index (χ4v) is 2.70. The fourth-order valence-electron chi connectivity index (χ4n) is 2.70. The van der Waals surface area contributed by atoms with Gasteiger partial charge in [0.2, 0.25) is 0 Å². The molecule has 1 aliphatic carbocycles. The zero-order valence-electron chi connectivity index (χ0n) is 12.8. The Labute approximate surface area is 122 Å². The molecule has 20 heavy (non-hydrogen) atoms. The van der Waals surface area contributed by atoms with Gasteiger partial charge in [0, 0.05) is 20.3 Å². The molecule has 1 unspecified atom stereocenters. The molecule has 112 valence electrons. The van der Waals surface area contributed by atoms with Gasteiger partial charge in [0.05, 0.1) is 0 Å². The van der Waals surface area contributed by atoms with E-state index in [9.17, 15) is 0 Å². The van der Waals surface area contributed by atoms with Crippen molar-refractivity contribution in [3.8, 4) is 5.75 Å². The largest absolute Gasteiger partial charge is 0.489 e. The van der Waals surface area contributed by atoms with E-state index in [-0.39, 0.29) is 6.10 Å². The van der Waals surface area contributed by atoms with Crippen LogP contribution >= 0.6 is 0 Å². The molecular weight excluding hydrogens is 250 g/mol. The number of benzene rings is 1. The minimum Gasteiger partial charge on any atom is -0.489 e. The Hall–Kier alpha value is -1.06. The standard InChI is InChI=1S/C17H27NO2/c1-14(13-18-10-5-11-19-2)20-17-9-8-15-6-3-4-7-16(15)12-17/h8-9,12,14,18H,3-7,10-11,13H2,1-2H3. The second-order valence-corrected chi connectivity index (χ2v) is 5.62. The normalized spacial score (nSPS) is 15.7. The molecule has 3 heteroatoms. The third kappa shape index (κ3) is 4.80. The molecule has 0 fully saturated rings. The SMILES string of the molecule is COCCCNCC(C)Oc1ccc2c(c1)CCCC2. The Morgan fingerprint density at radius 1 is 1.20 bits per heavy atom. The molecule has 3 nitrogen and oxygen atoms in total. The van der Waals surface area contributed by atoms with E-state index >= 15 is 0 Å². The van der Waals surface area contributed by atoms with Gasteiger partial charge in [0.15, 0.2) is 0 Å². The van der Waals surface area contributed by atoms with Gasteiger partial charge in [-0.2, -0.15) is 0 Å². The number of hydrogen-bond donors (Lipinski definition) is 1. The van der Waals surface area contributed by atoms with E-state index in [0.29, 0.717) is 0 Å². The van der Waals surface area contributed by atoms with Crippen LogP contribution in [0.25, 0.3) is 0 Å². The minimum atomic E-state index is 0.194. The van der Waals surface area contributed by atoms with Gasteiger partial charge in [-0.15, -0.1) is 0 Å². The lowest BCUT2D eigenvalue weighted by Crippen LogP contribution is -2.30. The first-order valence-corrected chi connectivity index (χ1v) is 7.77. The molecule has 0 aromatic heterocycles. The van der Waals surface area contributed by atoms with Crippen molar-refractivity contribution < 1.29 is 9.47 Å². The summed E-state index contributed by atoms with van der Waals surface area (Å²) in [4.78, 5) is 0. The topological polar surface area (TPSA) is 30.5 Å². The van der Waals surface area contributed by atoms with Crippen LogP contribution in [0.2, 0.25) is 0 Å². The Kier molecular flexibility index (Phi) is 6.34. The van der Waals surface area contributed by atoms with Gasteiger partial charge >= 0.3 is 0 Å². The van der Waals surface area contributed by atoms with E-state index in [0.717, 1.165) is 31.9 Å². The second kappa shape index (κ2) is 8.28. The first kappa shape index (κ1) is 15.3. The maximum atomic E-state index is 5.99. The van der Waals surface area contributed by atoms with Crippen molar-refractivity contribution in [1.29, 1.82) is 0 Å². The van der Waals surface area contributed by atoms with Crippen LogP contribution in [0.15, 0.2) is 18.2 Å². The van der Waals surface area contributed by atoms with Crippen LogP contribution in [0.5, 0.6) is 5.75 Å². The average molecular weight is 277 g/mol. The molecule has 2 rings (SSSR count). The zero-order chi connectivity index (χ0) is 14.2.